The molecule has 0 saturated heterocycles. The maximum absolute atomic E-state index is 5.27. The first-order chi connectivity index (χ1) is 8.09. The van der Waals surface area contributed by atoms with E-state index in [0.29, 0.717) is 0 Å². The Labute approximate surface area is 107 Å². The van der Waals surface area contributed by atoms with E-state index in [4.69, 9.17) is 12.2 Å². The highest BCUT2D eigenvalue weighted by atomic mass is 32.1. The third-order valence-corrected chi connectivity index (χ3v) is 3.48. The molecule has 2 rings (SSSR count). The van der Waals surface area contributed by atoms with E-state index in [-0.39, 0.29) is 5.54 Å². The van der Waals surface area contributed by atoms with Crippen LogP contribution < -0.4 is 0 Å². The van der Waals surface area contributed by atoms with Crippen molar-refractivity contribution >= 4 is 12.2 Å². The molecule has 0 aliphatic carbocycles. The Kier molecular flexibility index (Phi) is 3.48. The van der Waals surface area contributed by atoms with Gasteiger partial charge in [0.15, 0.2) is 4.77 Å². The molecule has 0 aliphatic heterocycles. The molecule has 1 heterocycles. The van der Waals surface area contributed by atoms with Gasteiger partial charge in [-0.3, -0.25) is 0 Å². The Morgan fingerprint density at radius 1 is 1.24 bits per heavy atom. The molecule has 3 heteroatoms. The molecule has 1 aromatic heterocycles. The maximum Gasteiger partial charge on any atom is 0.177 e. The summed E-state index contributed by atoms with van der Waals surface area (Å²) in [6.07, 6.45) is 6.06. The van der Waals surface area contributed by atoms with Gasteiger partial charge < -0.3 is 9.55 Å². The largest absolute Gasteiger partial charge is 0.337 e. The zero-order valence-electron chi connectivity index (χ0n) is 10.3. The highest BCUT2D eigenvalue weighted by Gasteiger charge is 2.20. The van der Waals surface area contributed by atoms with Gasteiger partial charge in [0, 0.05) is 17.9 Å². The highest BCUT2D eigenvalue weighted by Crippen LogP contribution is 2.22. The number of hydrogen-bond donors (Lipinski definition) is 1. The van der Waals surface area contributed by atoms with Crippen LogP contribution in [-0.4, -0.2) is 9.55 Å². The molecule has 0 atom stereocenters. The fourth-order valence-electron chi connectivity index (χ4n) is 2.01. The van der Waals surface area contributed by atoms with Crippen LogP contribution in [0.5, 0.6) is 0 Å². The summed E-state index contributed by atoms with van der Waals surface area (Å²) in [4.78, 5) is 3.05. The van der Waals surface area contributed by atoms with Crippen molar-refractivity contribution in [2.24, 2.45) is 0 Å². The number of nitrogens with zero attached hydrogens (tertiary/aromatic N) is 1. The normalized spacial score (nSPS) is 11.6. The topological polar surface area (TPSA) is 20.7 Å². The van der Waals surface area contributed by atoms with E-state index in [0.717, 1.165) is 17.6 Å². The fourth-order valence-corrected chi connectivity index (χ4v) is 2.39. The number of aryl methyl sites for hydroxylation is 1. The molecule has 0 aliphatic rings. The molecule has 1 N–H and O–H groups in total. The Morgan fingerprint density at radius 3 is 2.53 bits per heavy atom. The lowest BCUT2D eigenvalue weighted by atomic mass is 9.95. The van der Waals surface area contributed by atoms with Crippen molar-refractivity contribution in [3.8, 4) is 0 Å². The van der Waals surface area contributed by atoms with Gasteiger partial charge in [-0.25, -0.2) is 0 Å². The SMILES string of the molecule is CC(C)(CCc1ccccc1)n1cc[nH]c1=S. The summed E-state index contributed by atoms with van der Waals surface area (Å²) in [6.45, 7) is 4.44. The average molecular weight is 246 g/mol. The van der Waals surface area contributed by atoms with Crippen LogP contribution in [0.2, 0.25) is 0 Å². The second kappa shape index (κ2) is 4.88. The van der Waals surface area contributed by atoms with Crippen LogP contribution in [0, 0.1) is 4.77 Å². The van der Waals surface area contributed by atoms with Crippen molar-refractivity contribution in [1.29, 1.82) is 0 Å². The second-order valence-corrected chi connectivity index (χ2v) is 5.32. The van der Waals surface area contributed by atoms with Crippen molar-refractivity contribution < 1.29 is 0 Å². The summed E-state index contributed by atoms with van der Waals surface area (Å²) in [7, 11) is 0. The molecule has 0 radical (unpaired) electrons. The van der Waals surface area contributed by atoms with Crippen molar-refractivity contribution in [3.63, 3.8) is 0 Å². The molecule has 2 aromatic rings. The summed E-state index contributed by atoms with van der Waals surface area (Å²) >= 11 is 5.27. The molecule has 0 fully saturated rings. The molecule has 90 valence electrons. The number of H-pyrrole nitrogens is 1. The second-order valence-electron chi connectivity index (χ2n) is 4.93. The van der Waals surface area contributed by atoms with Gasteiger partial charge in [0.1, 0.15) is 0 Å². The van der Waals surface area contributed by atoms with Crippen LogP contribution in [0.25, 0.3) is 0 Å². The molecule has 0 amide bonds. The molecular formula is C14H18N2S. The Morgan fingerprint density at radius 2 is 1.94 bits per heavy atom. The molecule has 0 unspecified atom stereocenters. The molecule has 17 heavy (non-hydrogen) atoms. The van der Waals surface area contributed by atoms with Crippen LogP contribution in [0.15, 0.2) is 42.7 Å². The van der Waals surface area contributed by atoms with Crippen molar-refractivity contribution in [1.82, 2.24) is 9.55 Å². The van der Waals surface area contributed by atoms with Crippen LogP contribution in [-0.2, 0) is 12.0 Å². The summed E-state index contributed by atoms with van der Waals surface area (Å²) in [6, 6.07) is 10.6. The zero-order valence-corrected chi connectivity index (χ0v) is 11.1. The van der Waals surface area contributed by atoms with Crippen molar-refractivity contribution in [3.05, 3.63) is 53.1 Å². The predicted molar refractivity (Wildman–Crippen MR) is 73.7 cm³/mol. The number of imidazole rings is 1. The zero-order chi connectivity index (χ0) is 12.3. The lowest BCUT2D eigenvalue weighted by Gasteiger charge is -2.26. The van der Waals surface area contributed by atoms with Crippen LogP contribution >= 0.6 is 12.2 Å². The Balaban J connectivity index is 2.09. The van der Waals surface area contributed by atoms with Crippen LogP contribution in [0.3, 0.4) is 0 Å². The first kappa shape index (κ1) is 12.1. The molecule has 0 bridgehead atoms. The number of aromatic nitrogens is 2. The van der Waals surface area contributed by atoms with E-state index in [1.807, 2.05) is 12.4 Å². The monoisotopic (exact) mass is 246 g/mol. The minimum atomic E-state index is 0.0485. The van der Waals surface area contributed by atoms with Gasteiger partial charge in [0.05, 0.1) is 0 Å². The summed E-state index contributed by atoms with van der Waals surface area (Å²) < 4.78 is 2.92. The predicted octanol–water partition coefficient (Wildman–Crippen LogP) is 3.91. The average Bonchev–Trinajstić information content (AvgIpc) is 2.75. The smallest absolute Gasteiger partial charge is 0.177 e. The van der Waals surface area contributed by atoms with Crippen molar-refractivity contribution in [2.45, 2.75) is 32.2 Å². The number of aromatic amines is 1. The minimum Gasteiger partial charge on any atom is -0.337 e. The molecule has 0 spiro atoms. The van der Waals surface area contributed by atoms with Gasteiger partial charge in [0.2, 0.25) is 0 Å². The summed E-state index contributed by atoms with van der Waals surface area (Å²) in [5.41, 5.74) is 1.43. The Hall–Kier alpha value is -1.35. The van der Waals surface area contributed by atoms with E-state index in [1.165, 1.54) is 5.56 Å². The standard InChI is InChI=1S/C14H18N2S/c1-14(2,16-11-10-15-13(16)17)9-8-12-6-4-3-5-7-12/h3-7,10-11H,8-9H2,1-2H3,(H,15,17). The van der Waals surface area contributed by atoms with E-state index in [1.54, 1.807) is 0 Å². The lowest BCUT2D eigenvalue weighted by molar-refractivity contribution is 0.324. The number of benzene rings is 1. The Bertz CT molecular complexity index is 522. The van der Waals surface area contributed by atoms with E-state index >= 15 is 0 Å². The van der Waals surface area contributed by atoms with E-state index in [9.17, 15) is 0 Å². The van der Waals surface area contributed by atoms with Gasteiger partial charge in [-0.15, -0.1) is 0 Å². The van der Waals surface area contributed by atoms with Gasteiger partial charge in [-0.1, -0.05) is 30.3 Å². The first-order valence-corrected chi connectivity index (χ1v) is 6.31. The molecule has 2 nitrogen and oxygen atoms in total. The lowest BCUT2D eigenvalue weighted by Crippen LogP contribution is -2.26. The third-order valence-electron chi connectivity index (χ3n) is 3.17. The third kappa shape index (κ3) is 2.86. The summed E-state index contributed by atoms with van der Waals surface area (Å²) in [5.74, 6) is 0. The summed E-state index contributed by atoms with van der Waals surface area (Å²) in [5, 5.41) is 0. The van der Waals surface area contributed by atoms with Crippen LogP contribution in [0.4, 0.5) is 0 Å². The number of nitrogens with one attached hydrogen (secondary N) is 1. The minimum absolute atomic E-state index is 0.0485. The van der Waals surface area contributed by atoms with Gasteiger partial charge >= 0.3 is 0 Å². The van der Waals surface area contributed by atoms with E-state index in [2.05, 4.69) is 53.7 Å². The molecule has 0 saturated carbocycles. The number of hydrogen-bond acceptors (Lipinski definition) is 1. The van der Waals surface area contributed by atoms with Gasteiger partial charge in [0.25, 0.3) is 0 Å². The quantitative estimate of drug-likeness (QED) is 0.811. The fraction of sp³-hybridized carbons (Fsp3) is 0.357. The highest BCUT2D eigenvalue weighted by molar-refractivity contribution is 7.71. The molecular weight excluding hydrogens is 228 g/mol. The van der Waals surface area contributed by atoms with E-state index < -0.39 is 0 Å². The van der Waals surface area contributed by atoms with Crippen molar-refractivity contribution in [2.75, 3.05) is 0 Å². The van der Waals surface area contributed by atoms with Gasteiger partial charge in [-0.05, 0) is 44.5 Å². The van der Waals surface area contributed by atoms with Gasteiger partial charge in [-0.2, -0.15) is 0 Å². The number of rotatable bonds is 4. The molecule has 1 aromatic carbocycles. The first-order valence-electron chi connectivity index (χ1n) is 5.90. The maximum atomic E-state index is 5.27. The van der Waals surface area contributed by atoms with Crippen LogP contribution in [0.1, 0.15) is 25.8 Å².